The summed E-state index contributed by atoms with van der Waals surface area (Å²) in [6.07, 6.45) is 3.79. The van der Waals surface area contributed by atoms with E-state index in [4.69, 9.17) is 5.11 Å². The molecule has 1 rings (SSSR count). The van der Waals surface area contributed by atoms with Crippen molar-refractivity contribution >= 4 is 0 Å². The maximum absolute atomic E-state index is 9.64. The highest BCUT2D eigenvalue weighted by Gasteiger charge is 2.25. The molecule has 1 aliphatic rings. The summed E-state index contributed by atoms with van der Waals surface area (Å²) in [7, 11) is 2.06. The van der Waals surface area contributed by atoms with Crippen molar-refractivity contribution in [2.75, 3.05) is 20.1 Å². The molecule has 3 unspecified atom stereocenters. The van der Waals surface area contributed by atoms with Gasteiger partial charge in [-0.1, -0.05) is 6.42 Å². The van der Waals surface area contributed by atoms with Crippen molar-refractivity contribution in [3.63, 3.8) is 0 Å². The van der Waals surface area contributed by atoms with E-state index in [1.807, 2.05) is 6.92 Å². The van der Waals surface area contributed by atoms with E-state index in [9.17, 15) is 5.11 Å². The second kappa shape index (κ2) is 5.69. The molecule has 0 heterocycles. The van der Waals surface area contributed by atoms with Crippen molar-refractivity contribution in [1.29, 1.82) is 0 Å². The van der Waals surface area contributed by atoms with Gasteiger partial charge in [-0.05, 0) is 39.2 Å². The molecule has 0 aromatic carbocycles. The van der Waals surface area contributed by atoms with E-state index in [2.05, 4.69) is 11.9 Å². The van der Waals surface area contributed by atoms with Gasteiger partial charge in [0, 0.05) is 13.1 Å². The largest absolute Gasteiger partial charge is 0.393 e. The molecule has 84 valence electrons. The molecule has 0 radical (unpaired) electrons. The fourth-order valence-electron chi connectivity index (χ4n) is 2.13. The minimum absolute atomic E-state index is 0.0935. The highest BCUT2D eigenvalue weighted by Crippen LogP contribution is 2.25. The lowest BCUT2D eigenvalue weighted by molar-refractivity contribution is 0.102. The molecule has 1 saturated carbocycles. The zero-order valence-corrected chi connectivity index (χ0v) is 9.32. The van der Waals surface area contributed by atoms with Crippen LogP contribution in [-0.4, -0.2) is 47.5 Å². The molecule has 0 spiro atoms. The van der Waals surface area contributed by atoms with Gasteiger partial charge in [0.15, 0.2) is 0 Å². The Labute approximate surface area is 86.7 Å². The molecule has 2 N–H and O–H groups in total. The lowest BCUT2D eigenvalue weighted by Gasteiger charge is -2.23. The average molecular weight is 201 g/mol. The Morgan fingerprint density at radius 3 is 2.64 bits per heavy atom. The lowest BCUT2D eigenvalue weighted by atomic mass is 10.1. The third-order valence-corrected chi connectivity index (χ3v) is 3.09. The summed E-state index contributed by atoms with van der Waals surface area (Å²) in [6.45, 7) is 3.70. The Morgan fingerprint density at radius 2 is 2.14 bits per heavy atom. The first-order valence-corrected chi connectivity index (χ1v) is 5.64. The second-order valence-corrected chi connectivity index (χ2v) is 4.66. The maximum atomic E-state index is 9.64. The highest BCUT2D eigenvalue weighted by molar-refractivity contribution is 4.78. The van der Waals surface area contributed by atoms with Crippen LogP contribution in [0.1, 0.15) is 32.6 Å². The molecule has 0 bridgehead atoms. The number of hydrogen-bond acceptors (Lipinski definition) is 3. The fraction of sp³-hybridized carbons (Fsp3) is 1.00. The van der Waals surface area contributed by atoms with E-state index >= 15 is 0 Å². The quantitative estimate of drug-likeness (QED) is 0.693. The Balaban J connectivity index is 2.16. The predicted molar refractivity (Wildman–Crippen MR) is 57.1 cm³/mol. The van der Waals surface area contributed by atoms with Crippen LogP contribution in [0.2, 0.25) is 0 Å². The number of aliphatic hydroxyl groups is 2. The summed E-state index contributed by atoms with van der Waals surface area (Å²) in [5.74, 6) is 0.453. The van der Waals surface area contributed by atoms with Gasteiger partial charge in [0.05, 0.1) is 12.2 Å². The third kappa shape index (κ3) is 3.95. The first-order chi connectivity index (χ1) is 6.59. The molecule has 0 amide bonds. The molecule has 3 nitrogen and oxygen atoms in total. The Kier molecular flexibility index (Phi) is 4.85. The number of nitrogens with zero attached hydrogens (tertiary/aromatic N) is 1. The molecule has 0 saturated heterocycles. The summed E-state index contributed by atoms with van der Waals surface area (Å²) in [5.41, 5.74) is 0. The van der Waals surface area contributed by atoms with Crippen molar-refractivity contribution < 1.29 is 10.2 Å². The van der Waals surface area contributed by atoms with Gasteiger partial charge in [-0.15, -0.1) is 0 Å². The van der Waals surface area contributed by atoms with Gasteiger partial charge in [-0.25, -0.2) is 0 Å². The van der Waals surface area contributed by atoms with E-state index in [0.29, 0.717) is 5.92 Å². The van der Waals surface area contributed by atoms with Crippen LogP contribution in [0.25, 0.3) is 0 Å². The van der Waals surface area contributed by atoms with Crippen molar-refractivity contribution in [2.24, 2.45) is 5.92 Å². The standard InChI is InChI=1S/C11H23NO2/c1-9(13)6-7-12(2)8-10-4-3-5-11(10)14/h9-11,13-14H,3-8H2,1-2H3. The number of aliphatic hydroxyl groups excluding tert-OH is 2. The van der Waals surface area contributed by atoms with Crippen LogP contribution in [0.4, 0.5) is 0 Å². The molecule has 0 aromatic rings. The van der Waals surface area contributed by atoms with E-state index in [0.717, 1.165) is 38.8 Å². The summed E-state index contributed by atoms with van der Waals surface area (Å²) >= 11 is 0. The Hall–Kier alpha value is -0.120. The van der Waals surface area contributed by atoms with E-state index in [-0.39, 0.29) is 12.2 Å². The first-order valence-electron chi connectivity index (χ1n) is 5.64. The van der Waals surface area contributed by atoms with Crippen molar-refractivity contribution in [3.8, 4) is 0 Å². The van der Waals surface area contributed by atoms with Crippen LogP contribution < -0.4 is 0 Å². The molecular formula is C11H23NO2. The molecule has 0 aromatic heterocycles. The molecule has 1 fully saturated rings. The number of rotatable bonds is 5. The van der Waals surface area contributed by atoms with Gasteiger partial charge in [-0.3, -0.25) is 0 Å². The summed E-state index contributed by atoms with van der Waals surface area (Å²) in [6, 6.07) is 0. The molecule has 1 aliphatic carbocycles. The van der Waals surface area contributed by atoms with E-state index in [1.165, 1.54) is 0 Å². The van der Waals surface area contributed by atoms with Crippen molar-refractivity contribution in [1.82, 2.24) is 4.90 Å². The van der Waals surface area contributed by atoms with Crippen molar-refractivity contribution in [2.45, 2.75) is 44.8 Å². The average Bonchev–Trinajstić information content (AvgIpc) is 2.49. The smallest absolute Gasteiger partial charge is 0.0580 e. The van der Waals surface area contributed by atoms with Crippen LogP contribution in [0.15, 0.2) is 0 Å². The van der Waals surface area contributed by atoms with Crippen LogP contribution in [0.3, 0.4) is 0 Å². The normalized spacial score (nSPS) is 29.8. The lowest BCUT2D eigenvalue weighted by Crippen LogP contribution is -2.31. The zero-order chi connectivity index (χ0) is 10.6. The summed E-state index contributed by atoms with van der Waals surface area (Å²) in [5, 5.41) is 18.8. The Morgan fingerprint density at radius 1 is 1.43 bits per heavy atom. The predicted octanol–water partition coefficient (Wildman–Crippen LogP) is 0.850. The van der Waals surface area contributed by atoms with Crippen LogP contribution in [0.5, 0.6) is 0 Å². The highest BCUT2D eigenvalue weighted by atomic mass is 16.3. The molecule has 0 aliphatic heterocycles. The fourth-order valence-corrected chi connectivity index (χ4v) is 2.13. The summed E-state index contributed by atoms with van der Waals surface area (Å²) < 4.78 is 0. The zero-order valence-electron chi connectivity index (χ0n) is 9.32. The van der Waals surface area contributed by atoms with Gasteiger partial charge in [0.2, 0.25) is 0 Å². The van der Waals surface area contributed by atoms with Crippen LogP contribution in [0, 0.1) is 5.92 Å². The molecular weight excluding hydrogens is 178 g/mol. The van der Waals surface area contributed by atoms with Gasteiger partial charge in [0.1, 0.15) is 0 Å². The molecule has 3 atom stereocenters. The van der Waals surface area contributed by atoms with Crippen LogP contribution in [-0.2, 0) is 0 Å². The van der Waals surface area contributed by atoms with Gasteiger partial charge in [-0.2, -0.15) is 0 Å². The minimum atomic E-state index is -0.217. The van der Waals surface area contributed by atoms with Gasteiger partial charge >= 0.3 is 0 Å². The Bertz CT molecular complexity index is 161. The minimum Gasteiger partial charge on any atom is -0.393 e. The monoisotopic (exact) mass is 201 g/mol. The first kappa shape index (κ1) is 12.0. The van der Waals surface area contributed by atoms with Gasteiger partial charge in [0.25, 0.3) is 0 Å². The third-order valence-electron chi connectivity index (χ3n) is 3.09. The number of hydrogen-bond donors (Lipinski definition) is 2. The maximum Gasteiger partial charge on any atom is 0.0580 e. The SMILES string of the molecule is CC(O)CCN(C)CC1CCCC1O. The summed E-state index contributed by atoms with van der Waals surface area (Å²) in [4.78, 5) is 2.21. The second-order valence-electron chi connectivity index (χ2n) is 4.66. The van der Waals surface area contributed by atoms with Crippen LogP contribution >= 0.6 is 0 Å². The van der Waals surface area contributed by atoms with Gasteiger partial charge < -0.3 is 15.1 Å². The molecule has 14 heavy (non-hydrogen) atoms. The molecule has 3 heteroatoms. The van der Waals surface area contributed by atoms with Crippen molar-refractivity contribution in [3.05, 3.63) is 0 Å². The topological polar surface area (TPSA) is 43.7 Å². The van der Waals surface area contributed by atoms with E-state index < -0.39 is 0 Å². The van der Waals surface area contributed by atoms with E-state index in [1.54, 1.807) is 0 Å².